The first-order valence-electron chi connectivity index (χ1n) is 11.2. The summed E-state index contributed by atoms with van der Waals surface area (Å²) in [5.74, 6) is 0.613. The first kappa shape index (κ1) is 25.2. The number of carbonyl (C=O) groups is 1. The number of nitrogens with one attached hydrogen (secondary N) is 3. The minimum atomic E-state index is -0.243. The molecular formula is C25H38N4O. The smallest absolute Gasteiger partial charge is 0.307 e. The number of amides is 2. The van der Waals surface area contributed by atoms with Gasteiger partial charge in [-0.1, -0.05) is 73.1 Å². The molecule has 30 heavy (non-hydrogen) atoms. The van der Waals surface area contributed by atoms with Gasteiger partial charge in [-0.15, -0.1) is 0 Å². The van der Waals surface area contributed by atoms with E-state index < -0.39 is 0 Å². The molecule has 0 bridgehead atoms. The Labute approximate surface area is 181 Å². The lowest BCUT2D eigenvalue weighted by molar-refractivity contribution is 0.262. The number of anilines is 2. The quantitative estimate of drug-likeness (QED) is 0.396. The Morgan fingerprint density at radius 1 is 1.03 bits per heavy atom. The van der Waals surface area contributed by atoms with Crippen molar-refractivity contribution in [3.05, 3.63) is 53.7 Å². The molecule has 0 saturated heterocycles. The number of fused-ring (bicyclic) bond motifs is 1. The highest BCUT2D eigenvalue weighted by atomic mass is 16.2. The lowest BCUT2D eigenvalue weighted by Gasteiger charge is -2.14. The largest absolute Gasteiger partial charge is 0.323 e. The first-order chi connectivity index (χ1) is 14.6. The second-order valence-electron chi connectivity index (χ2n) is 7.06. The SMILES string of the molecule is CC.CC.CCCc1cc(CC(C)C)ccc1NC(=O)Nc1cccc2[nH]ncc12. The summed E-state index contributed by atoms with van der Waals surface area (Å²) in [6.07, 6.45) is 4.74. The van der Waals surface area contributed by atoms with E-state index in [0.29, 0.717) is 5.92 Å². The van der Waals surface area contributed by atoms with E-state index in [1.165, 1.54) is 11.1 Å². The average Bonchev–Trinajstić information content (AvgIpc) is 3.23. The third-order valence-corrected chi connectivity index (χ3v) is 4.31. The van der Waals surface area contributed by atoms with Gasteiger partial charge in [0.15, 0.2) is 0 Å². The van der Waals surface area contributed by atoms with Crippen LogP contribution in [0.5, 0.6) is 0 Å². The molecule has 0 fully saturated rings. The highest BCUT2D eigenvalue weighted by Crippen LogP contribution is 2.23. The van der Waals surface area contributed by atoms with Gasteiger partial charge >= 0.3 is 6.03 Å². The number of aryl methyl sites for hydroxylation is 1. The number of hydrogen-bond acceptors (Lipinski definition) is 2. The van der Waals surface area contributed by atoms with Crippen LogP contribution in [0.4, 0.5) is 16.2 Å². The number of rotatable bonds is 6. The van der Waals surface area contributed by atoms with Crippen LogP contribution in [0.3, 0.4) is 0 Å². The van der Waals surface area contributed by atoms with Gasteiger partial charge in [-0.3, -0.25) is 5.10 Å². The number of aromatic amines is 1. The Morgan fingerprint density at radius 3 is 2.40 bits per heavy atom. The van der Waals surface area contributed by atoms with Gasteiger partial charge in [0.2, 0.25) is 0 Å². The normalized spacial score (nSPS) is 10.0. The van der Waals surface area contributed by atoms with Gasteiger partial charge in [-0.2, -0.15) is 5.10 Å². The standard InChI is InChI=1S/C21H26N4O.2C2H6/c1-4-6-16-12-15(11-14(2)3)9-10-18(16)23-21(26)24-19-7-5-8-20-17(19)13-22-25-20;2*1-2/h5,7-10,12-14H,4,6,11H2,1-3H3,(H,22,25)(H2,23,24,26);2*1-2H3. The van der Waals surface area contributed by atoms with Crippen molar-refractivity contribution in [2.24, 2.45) is 5.92 Å². The number of aromatic nitrogens is 2. The van der Waals surface area contributed by atoms with Crippen LogP contribution >= 0.6 is 0 Å². The Bertz CT molecular complexity index is 899. The molecule has 0 radical (unpaired) electrons. The molecule has 0 aliphatic heterocycles. The number of hydrogen-bond donors (Lipinski definition) is 3. The number of nitrogens with zero attached hydrogens (tertiary/aromatic N) is 1. The monoisotopic (exact) mass is 410 g/mol. The van der Waals surface area contributed by atoms with E-state index in [2.05, 4.69) is 53.7 Å². The summed E-state index contributed by atoms with van der Waals surface area (Å²) in [5.41, 5.74) is 5.01. The van der Waals surface area contributed by atoms with E-state index in [1.54, 1.807) is 6.20 Å². The summed E-state index contributed by atoms with van der Waals surface area (Å²) in [6.45, 7) is 14.6. The fourth-order valence-corrected chi connectivity index (χ4v) is 3.20. The van der Waals surface area contributed by atoms with Gasteiger partial charge in [0.1, 0.15) is 0 Å². The predicted octanol–water partition coefficient (Wildman–Crippen LogP) is 7.41. The van der Waals surface area contributed by atoms with Crippen LogP contribution in [0.1, 0.15) is 66.0 Å². The zero-order valence-corrected chi connectivity index (χ0v) is 19.6. The van der Waals surface area contributed by atoms with Crippen LogP contribution in [0.25, 0.3) is 10.9 Å². The minimum Gasteiger partial charge on any atom is -0.307 e. The molecule has 0 saturated carbocycles. The molecule has 2 amide bonds. The van der Waals surface area contributed by atoms with Crippen molar-refractivity contribution in [2.45, 2.75) is 67.7 Å². The minimum absolute atomic E-state index is 0.243. The summed E-state index contributed by atoms with van der Waals surface area (Å²) in [4.78, 5) is 12.5. The van der Waals surface area contributed by atoms with Gasteiger partial charge in [0, 0.05) is 11.1 Å². The second kappa shape index (κ2) is 13.4. The third kappa shape index (κ3) is 7.21. The Kier molecular flexibility index (Phi) is 11.3. The molecule has 5 nitrogen and oxygen atoms in total. The lowest BCUT2D eigenvalue weighted by atomic mass is 9.98. The molecule has 0 aliphatic carbocycles. The van der Waals surface area contributed by atoms with Crippen LogP contribution < -0.4 is 10.6 Å². The van der Waals surface area contributed by atoms with E-state index >= 15 is 0 Å². The summed E-state index contributed by atoms with van der Waals surface area (Å²) in [7, 11) is 0. The summed E-state index contributed by atoms with van der Waals surface area (Å²) in [6, 6.07) is 11.8. The highest BCUT2D eigenvalue weighted by Gasteiger charge is 2.10. The molecule has 0 unspecified atom stereocenters. The van der Waals surface area contributed by atoms with Crippen molar-refractivity contribution >= 4 is 28.3 Å². The zero-order chi connectivity index (χ0) is 22.5. The average molecular weight is 411 g/mol. The predicted molar refractivity (Wildman–Crippen MR) is 130 cm³/mol. The van der Waals surface area contributed by atoms with Gasteiger partial charge in [-0.05, 0) is 48.1 Å². The van der Waals surface area contributed by atoms with E-state index in [9.17, 15) is 4.79 Å². The second-order valence-corrected chi connectivity index (χ2v) is 7.06. The number of benzene rings is 2. The first-order valence-corrected chi connectivity index (χ1v) is 11.2. The van der Waals surface area contributed by atoms with Crippen LogP contribution in [-0.4, -0.2) is 16.2 Å². The van der Waals surface area contributed by atoms with Crippen molar-refractivity contribution in [1.29, 1.82) is 0 Å². The topological polar surface area (TPSA) is 69.8 Å². The van der Waals surface area contributed by atoms with Crippen molar-refractivity contribution in [3.8, 4) is 0 Å². The summed E-state index contributed by atoms with van der Waals surface area (Å²) >= 11 is 0. The lowest BCUT2D eigenvalue weighted by Crippen LogP contribution is -2.20. The van der Waals surface area contributed by atoms with E-state index in [1.807, 2.05) is 52.0 Å². The van der Waals surface area contributed by atoms with E-state index in [4.69, 9.17) is 0 Å². The van der Waals surface area contributed by atoms with E-state index in [0.717, 1.165) is 41.5 Å². The van der Waals surface area contributed by atoms with Gasteiger partial charge in [0.25, 0.3) is 0 Å². The van der Waals surface area contributed by atoms with Gasteiger partial charge in [0.05, 0.1) is 17.4 Å². The molecule has 2 aromatic carbocycles. The molecule has 0 spiro atoms. The van der Waals surface area contributed by atoms with Crippen molar-refractivity contribution in [1.82, 2.24) is 10.2 Å². The van der Waals surface area contributed by atoms with Crippen molar-refractivity contribution in [3.63, 3.8) is 0 Å². The summed E-state index contributed by atoms with van der Waals surface area (Å²) in [5, 5.41) is 13.8. The molecule has 164 valence electrons. The molecule has 3 N–H and O–H groups in total. The molecule has 3 aromatic rings. The maximum absolute atomic E-state index is 12.5. The molecule has 5 heteroatoms. The maximum atomic E-state index is 12.5. The van der Waals surface area contributed by atoms with E-state index in [-0.39, 0.29) is 6.03 Å². The maximum Gasteiger partial charge on any atom is 0.323 e. The number of urea groups is 1. The third-order valence-electron chi connectivity index (χ3n) is 4.31. The van der Waals surface area contributed by atoms with Crippen LogP contribution in [0.2, 0.25) is 0 Å². The Morgan fingerprint density at radius 2 is 1.73 bits per heavy atom. The zero-order valence-electron chi connectivity index (χ0n) is 19.6. The fraction of sp³-hybridized carbons (Fsp3) is 0.440. The highest BCUT2D eigenvalue weighted by molar-refractivity contribution is 6.05. The van der Waals surface area contributed by atoms with Crippen molar-refractivity contribution in [2.75, 3.05) is 10.6 Å². The van der Waals surface area contributed by atoms with Gasteiger partial charge < -0.3 is 10.6 Å². The molecular weight excluding hydrogens is 372 g/mol. The number of H-pyrrole nitrogens is 1. The molecule has 1 aromatic heterocycles. The summed E-state index contributed by atoms with van der Waals surface area (Å²) < 4.78 is 0. The fourth-order valence-electron chi connectivity index (χ4n) is 3.20. The molecule has 3 rings (SSSR count). The van der Waals surface area contributed by atoms with Crippen LogP contribution in [0.15, 0.2) is 42.6 Å². The van der Waals surface area contributed by atoms with Crippen LogP contribution in [0, 0.1) is 5.92 Å². The Balaban J connectivity index is 0.00000106. The van der Waals surface area contributed by atoms with Crippen LogP contribution in [-0.2, 0) is 12.8 Å². The number of carbonyl (C=O) groups excluding carboxylic acids is 1. The Hall–Kier alpha value is -2.82. The molecule has 1 heterocycles. The molecule has 0 atom stereocenters. The van der Waals surface area contributed by atoms with Gasteiger partial charge in [-0.25, -0.2) is 4.79 Å². The van der Waals surface area contributed by atoms with Crippen molar-refractivity contribution < 1.29 is 4.79 Å². The molecule has 0 aliphatic rings.